The number of carboxylic acid groups (broad SMARTS) is 3. The Labute approximate surface area is 126 Å². The Hall–Kier alpha value is -1.75. The molecule has 1 rings (SSSR count). The topological polar surface area (TPSA) is 181 Å². The Kier molecular flexibility index (Phi) is 6.68. The fourth-order valence-electron chi connectivity index (χ4n) is 2.31. The standard InChI is InChI=1S/C12H20N2O8/c15-7(11(19)20)1-3-13-6(10(17)18)2-4-14-5-8(16)9(14)12(21)22/h6-9,13,15-16H,1-5H2,(H,17,18)(H,19,20)(H,21,22)/p-2/t6-,7-,8-,9-/m0/s1. The number of carbonyl (C=O) groups excluding carboxylic acids is 3. The van der Waals surface area contributed by atoms with Gasteiger partial charge in [0.1, 0.15) is 6.04 Å². The highest BCUT2D eigenvalue weighted by molar-refractivity contribution is 5.73. The van der Waals surface area contributed by atoms with Crippen LogP contribution in [0.25, 0.3) is 0 Å². The Morgan fingerprint density at radius 3 is 2.27 bits per heavy atom. The van der Waals surface area contributed by atoms with Gasteiger partial charge in [-0.05, 0) is 0 Å². The number of rotatable bonds is 10. The van der Waals surface area contributed by atoms with E-state index in [2.05, 4.69) is 0 Å². The van der Waals surface area contributed by atoms with E-state index >= 15 is 0 Å². The van der Waals surface area contributed by atoms with Crippen LogP contribution < -0.4 is 20.6 Å². The van der Waals surface area contributed by atoms with Gasteiger partial charge in [0, 0.05) is 25.9 Å². The van der Waals surface area contributed by atoms with E-state index in [1.807, 2.05) is 0 Å². The van der Waals surface area contributed by atoms with Crippen molar-refractivity contribution >= 4 is 17.9 Å². The van der Waals surface area contributed by atoms with Crippen molar-refractivity contribution in [3.63, 3.8) is 0 Å². The van der Waals surface area contributed by atoms with Crippen LogP contribution in [0.5, 0.6) is 0 Å². The molecule has 0 spiro atoms. The maximum Gasteiger partial charge on any atom is 0.127 e. The van der Waals surface area contributed by atoms with Crippen LogP contribution in [0.3, 0.4) is 0 Å². The van der Waals surface area contributed by atoms with Crippen LogP contribution >= 0.6 is 0 Å². The van der Waals surface area contributed by atoms with Crippen LogP contribution in [0.1, 0.15) is 12.8 Å². The van der Waals surface area contributed by atoms with Crippen molar-refractivity contribution in [1.29, 1.82) is 0 Å². The number of carbonyl (C=O) groups is 3. The Bertz CT molecular complexity index is 429. The molecule has 10 heteroatoms. The van der Waals surface area contributed by atoms with Gasteiger partial charge in [-0.25, -0.2) is 0 Å². The monoisotopic (exact) mass is 318 g/mol. The molecule has 0 unspecified atom stereocenters. The van der Waals surface area contributed by atoms with Gasteiger partial charge in [-0.15, -0.1) is 0 Å². The lowest BCUT2D eigenvalue weighted by Gasteiger charge is -2.46. The van der Waals surface area contributed by atoms with E-state index < -0.39 is 42.2 Å². The number of carboxylic acids is 3. The lowest BCUT2D eigenvalue weighted by molar-refractivity contribution is -0.684. The minimum atomic E-state index is -1.67. The van der Waals surface area contributed by atoms with Crippen LogP contribution in [0.15, 0.2) is 0 Å². The van der Waals surface area contributed by atoms with Crippen molar-refractivity contribution in [2.45, 2.75) is 37.1 Å². The van der Waals surface area contributed by atoms with E-state index in [9.17, 15) is 34.8 Å². The first-order valence-corrected chi connectivity index (χ1v) is 6.80. The number of aliphatic carboxylic acids is 3. The van der Waals surface area contributed by atoms with E-state index in [1.54, 1.807) is 0 Å². The molecule has 126 valence electrons. The van der Waals surface area contributed by atoms with E-state index in [-0.39, 0.29) is 32.5 Å². The minimum absolute atomic E-state index is 0.0281. The SMILES string of the molecule is O=C([O-])[C@H](CCN1C[C@H](O)[C@H]1C(=O)[O-])[NH2+]CC[C@H](O)C(=O)[O-]. The molecule has 0 amide bonds. The second kappa shape index (κ2) is 8.03. The molecule has 0 bridgehead atoms. The highest BCUT2D eigenvalue weighted by Crippen LogP contribution is 2.17. The molecule has 1 fully saturated rings. The van der Waals surface area contributed by atoms with E-state index in [4.69, 9.17) is 5.11 Å². The van der Waals surface area contributed by atoms with E-state index in [0.29, 0.717) is 0 Å². The maximum absolute atomic E-state index is 11.0. The van der Waals surface area contributed by atoms with Crippen molar-refractivity contribution in [1.82, 2.24) is 4.90 Å². The van der Waals surface area contributed by atoms with Gasteiger partial charge in [0.05, 0.1) is 42.7 Å². The lowest BCUT2D eigenvalue weighted by atomic mass is 9.98. The van der Waals surface area contributed by atoms with Gasteiger partial charge >= 0.3 is 0 Å². The lowest BCUT2D eigenvalue weighted by Crippen LogP contribution is -2.93. The Balaban J connectivity index is 2.37. The third-order valence-corrected chi connectivity index (χ3v) is 3.61. The minimum Gasteiger partial charge on any atom is -0.548 e. The van der Waals surface area contributed by atoms with Gasteiger partial charge in [-0.2, -0.15) is 0 Å². The molecule has 1 aliphatic rings. The average Bonchev–Trinajstić information content (AvgIpc) is 2.38. The summed E-state index contributed by atoms with van der Waals surface area (Å²) in [5, 5.41) is 51.6. The number of nitrogens with two attached hydrogens (primary N) is 1. The predicted octanol–water partition coefficient (Wildman–Crippen LogP) is -7.65. The number of hydrogen-bond acceptors (Lipinski definition) is 9. The molecule has 22 heavy (non-hydrogen) atoms. The van der Waals surface area contributed by atoms with Crippen molar-refractivity contribution in [2.24, 2.45) is 0 Å². The second-order valence-electron chi connectivity index (χ2n) is 5.19. The van der Waals surface area contributed by atoms with Crippen LogP contribution in [0, 0.1) is 0 Å². The molecule has 1 heterocycles. The van der Waals surface area contributed by atoms with Crippen LogP contribution in [-0.2, 0) is 14.4 Å². The molecular weight excluding hydrogens is 300 g/mol. The molecule has 0 aromatic carbocycles. The van der Waals surface area contributed by atoms with Gasteiger partial charge < -0.3 is 45.2 Å². The summed E-state index contributed by atoms with van der Waals surface area (Å²) in [4.78, 5) is 33.4. The summed E-state index contributed by atoms with van der Waals surface area (Å²) in [7, 11) is 0. The van der Waals surface area contributed by atoms with E-state index in [1.165, 1.54) is 10.2 Å². The third-order valence-electron chi connectivity index (χ3n) is 3.61. The molecule has 0 aromatic heterocycles. The zero-order valence-corrected chi connectivity index (χ0v) is 11.7. The zero-order chi connectivity index (χ0) is 16.9. The molecule has 0 aromatic rings. The Morgan fingerprint density at radius 2 is 1.82 bits per heavy atom. The van der Waals surface area contributed by atoms with Crippen molar-refractivity contribution in [2.75, 3.05) is 19.6 Å². The van der Waals surface area contributed by atoms with Gasteiger partial charge in [-0.3, -0.25) is 4.90 Å². The molecule has 0 saturated carbocycles. The highest BCUT2D eigenvalue weighted by Gasteiger charge is 2.38. The Morgan fingerprint density at radius 1 is 1.18 bits per heavy atom. The predicted molar refractivity (Wildman–Crippen MR) is 62.2 cm³/mol. The first-order valence-electron chi connectivity index (χ1n) is 6.80. The molecule has 10 nitrogen and oxygen atoms in total. The summed E-state index contributed by atoms with van der Waals surface area (Å²) < 4.78 is 0. The summed E-state index contributed by atoms with van der Waals surface area (Å²) in [6.07, 6.45) is -2.85. The molecule has 4 N–H and O–H groups in total. The fourth-order valence-corrected chi connectivity index (χ4v) is 2.31. The summed E-state index contributed by atoms with van der Waals surface area (Å²) in [6.45, 7) is 0.246. The third kappa shape index (κ3) is 4.91. The smallest absolute Gasteiger partial charge is 0.127 e. The average molecular weight is 318 g/mol. The second-order valence-corrected chi connectivity index (χ2v) is 5.19. The van der Waals surface area contributed by atoms with E-state index in [0.717, 1.165) is 0 Å². The van der Waals surface area contributed by atoms with Gasteiger partial charge in [-0.1, -0.05) is 0 Å². The van der Waals surface area contributed by atoms with Crippen LogP contribution in [-0.4, -0.2) is 76.9 Å². The summed E-state index contributed by atoms with van der Waals surface area (Å²) in [6, 6.07) is -2.17. The number of quaternary nitrogens is 1. The fraction of sp³-hybridized carbons (Fsp3) is 0.750. The summed E-state index contributed by atoms with van der Waals surface area (Å²) >= 11 is 0. The van der Waals surface area contributed by atoms with Crippen molar-refractivity contribution in [3.8, 4) is 0 Å². The van der Waals surface area contributed by atoms with Gasteiger partial charge in [0.25, 0.3) is 0 Å². The van der Waals surface area contributed by atoms with Crippen LogP contribution in [0.2, 0.25) is 0 Å². The first-order chi connectivity index (χ1) is 10.2. The first kappa shape index (κ1) is 18.3. The molecule has 4 atom stereocenters. The molecular formula is C12H18N2O8-2. The number of hydrogen-bond donors (Lipinski definition) is 3. The number of nitrogens with zero attached hydrogens (tertiary/aromatic N) is 1. The van der Waals surface area contributed by atoms with Crippen molar-refractivity contribution in [3.05, 3.63) is 0 Å². The normalized spacial score (nSPS) is 24.3. The zero-order valence-electron chi connectivity index (χ0n) is 11.7. The van der Waals surface area contributed by atoms with Crippen LogP contribution in [0.4, 0.5) is 0 Å². The number of likely N-dealkylation sites (tertiary alicyclic amines) is 1. The van der Waals surface area contributed by atoms with Crippen molar-refractivity contribution < 1.29 is 45.2 Å². The highest BCUT2D eigenvalue weighted by atomic mass is 16.4. The molecule has 1 saturated heterocycles. The number of aliphatic hydroxyl groups is 2. The summed E-state index contributed by atoms with van der Waals surface area (Å²) in [5.41, 5.74) is 0. The largest absolute Gasteiger partial charge is 0.548 e. The molecule has 1 aliphatic heterocycles. The maximum atomic E-state index is 11.0. The number of β-amino-alcohol motifs (C(OH)–C–C–N with tert-alkyl or cyclic N) is 1. The molecule has 0 radical (unpaired) electrons. The molecule has 0 aliphatic carbocycles. The summed E-state index contributed by atoms with van der Waals surface area (Å²) in [5.74, 6) is -4.44. The van der Waals surface area contributed by atoms with Gasteiger partial charge in [0.15, 0.2) is 0 Å². The number of aliphatic hydroxyl groups excluding tert-OH is 2. The quantitative estimate of drug-likeness (QED) is 0.352. The van der Waals surface area contributed by atoms with Gasteiger partial charge in [0.2, 0.25) is 0 Å².